The van der Waals surface area contributed by atoms with Gasteiger partial charge in [0.25, 0.3) is 0 Å². The van der Waals surface area contributed by atoms with Crippen LogP contribution in [0.3, 0.4) is 0 Å². The van der Waals surface area contributed by atoms with Gasteiger partial charge in [-0.25, -0.2) is 5.01 Å². The summed E-state index contributed by atoms with van der Waals surface area (Å²) in [5.41, 5.74) is 4.93. The fourth-order valence-corrected chi connectivity index (χ4v) is 1.93. The lowest BCUT2D eigenvalue weighted by Crippen LogP contribution is -2.39. The largest absolute Gasteiger partial charge is 0.259 e. The molecule has 0 bridgehead atoms. The minimum atomic E-state index is 0.341. The second-order valence-electron chi connectivity index (χ2n) is 5.23. The molecule has 0 aromatic heterocycles. The van der Waals surface area contributed by atoms with E-state index < -0.39 is 0 Å². The van der Waals surface area contributed by atoms with E-state index >= 15 is 0 Å². The number of rotatable bonds is 6. The first-order valence-electron chi connectivity index (χ1n) is 6.96. The zero-order valence-corrected chi connectivity index (χ0v) is 13.0. The smallest absolute Gasteiger partial charge is 0.0179 e. The molecule has 0 heterocycles. The Kier molecular flexibility index (Phi) is 8.69. The van der Waals surface area contributed by atoms with Crippen LogP contribution >= 0.6 is 0 Å². The Morgan fingerprint density at radius 2 is 1.67 bits per heavy atom. The fourth-order valence-electron chi connectivity index (χ4n) is 1.93. The molecule has 0 spiro atoms. The van der Waals surface area contributed by atoms with Gasteiger partial charge in [-0.05, 0) is 30.9 Å². The van der Waals surface area contributed by atoms with Crippen molar-refractivity contribution in [2.75, 3.05) is 20.6 Å². The molecule has 0 aliphatic rings. The molecular formula is C16H30N2. The third-order valence-electron chi connectivity index (χ3n) is 2.98. The SMILES string of the molecule is CC.CNN(C)CC(C)(C)CCc1ccccc1. The van der Waals surface area contributed by atoms with Crippen LogP contribution < -0.4 is 5.43 Å². The third kappa shape index (κ3) is 7.46. The molecule has 1 aromatic carbocycles. The molecule has 2 nitrogen and oxygen atoms in total. The zero-order valence-electron chi connectivity index (χ0n) is 13.0. The molecular weight excluding hydrogens is 220 g/mol. The second kappa shape index (κ2) is 9.12. The quantitative estimate of drug-likeness (QED) is 0.774. The van der Waals surface area contributed by atoms with Crippen LogP contribution in [-0.2, 0) is 6.42 Å². The van der Waals surface area contributed by atoms with E-state index in [4.69, 9.17) is 0 Å². The van der Waals surface area contributed by atoms with Gasteiger partial charge in [0.2, 0.25) is 0 Å². The van der Waals surface area contributed by atoms with Crippen molar-refractivity contribution < 1.29 is 0 Å². The highest BCUT2D eigenvalue weighted by Crippen LogP contribution is 2.23. The number of nitrogens with one attached hydrogen (secondary N) is 1. The molecule has 1 N–H and O–H groups in total. The summed E-state index contributed by atoms with van der Waals surface area (Å²) in [6.07, 6.45) is 2.37. The predicted molar refractivity (Wildman–Crippen MR) is 81.6 cm³/mol. The number of benzene rings is 1. The Labute approximate surface area is 113 Å². The summed E-state index contributed by atoms with van der Waals surface area (Å²) in [6, 6.07) is 10.7. The Morgan fingerprint density at radius 3 is 2.17 bits per heavy atom. The Morgan fingerprint density at radius 1 is 1.11 bits per heavy atom. The molecule has 0 unspecified atom stereocenters. The Hall–Kier alpha value is -0.860. The number of aryl methyl sites for hydroxylation is 1. The minimum Gasteiger partial charge on any atom is -0.259 e. The lowest BCUT2D eigenvalue weighted by molar-refractivity contribution is 0.158. The summed E-state index contributed by atoms with van der Waals surface area (Å²) >= 11 is 0. The number of hydrazine groups is 1. The molecule has 0 saturated carbocycles. The maximum absolute atomic E-state index is 3.15. The van der Waals surface area contributed by atoms with Crippen LogP contribution in [0.25, 0.3) is 0 Å². The summed E-state index contributed by atoms with van der Waals surface area (Å²) < 4.78 is 0. The lowest BCUT2D eigenvalue weighted by Gasteiger charge is -2.29. The highest BCUT2D eigenvalue weighted by molar-refractivity contribution is 5.14. The van der Waals surface area contributed by atoms with E-state index in [0.29, 0.717) is 5.41 Å². The number of hydrogen-bond donors (Lipinski definition) is 1. The monoisotopic (exact) mass is 250 g/mol. The van der Waals surface area contributed by atoms with Crippen molar-refractivity contribution in [2.24, 2.45) is 5.41 Å². The van der Waals surface area contributed by atoms with Gasteiger partial charge in [0.1, 0.15) is 0 Å². The second-order valence-corrected chi connectivity index (χ2v) is 5.23. The standard InChI is InChI=1S/C14H24N2.C2H6/c1-14(2,12-16(4)15-3)11-10-13-8-6-5-7-9-13;1-2/h5-9,15H,10-12H2,1-4H3;1-2H3. The van der Waals surface area contributed by atoms with Crippen LogP contribution in [-0.4, -0.2) is 25.6 Å². The molecule has 0 aliphatic heterocycles. The van der Waals surface area contributed by atoms with Crippen molar-refractivity contribution in [3.8, 4) is 0 Å². The van der Waals surface area contributed by atoms with E-state index in [1.807, 2.05) is 20.9 Å². The van der Waals surface area contributed by atoms with Gasteiger partial charge in [-0.3, -0.25) is 5.43 Å². The van der Waals surface area contributed by atoms with Crippen molar-refractivity contribution in [1.29, 1.82) is 0 Å². The fraction of sp³-hybridized carbons (Fsp3) is 0.625. The topological polar surface area (TPSA) is 15.3 Å². The van der Waals surface area contributed by atoms with Crippen LogP contribution in [0.5, 0.6) is 0 Å². The van der Waals surface area contributed by atoms with E-state index in [1.54, 1.807) is 0 Å². The molecule has 2 heteroatoms. The summed E-state index contributed by atoms with van der Waals surface area (Å²) in [6.45, 7) is 9.71. The van der Waals surface area contributed by atoms with Crippen molar-refractivity contribution in [1.82, 2.24) is 10.4 Å². The van der Waals surface area contributed by atoms with Gasteiger partial charge in [-0.1, -0.05) is 58.0 Å². The lowest BCUT2D eigenvalue weighted by atomic mass is 9.86. The highest BCUT2D eigenvalue weighted by Gasteiger charge is 2.19. The molecule has 104 valence electrons. The summed E-state index contributed by atoms with van der Waals surface area (Å²) in [5, 5.41) is 2.14. The predicted octanol–water partition coefficient (Wildman–Crippen LogP) is 3.74. The first-order chi connectivity index (χ1) is 8.53. The number of hydrogen-bond acceptors (Lipinski definition) is 2. The molecule has 0 saturated heterocycles. The van der Waals surface area contributed by atoms with Crippen LogP contribution in [0.15, 0.2) is 30.3 Å². The maximum Gasteiger partial charge on any atom is 0.0179 e. The first-order valence-corrected chi connectivity index (χ1v) is 6.96. The Bertz CT molecular complexity index is 293. The summed E-state index contributed by atoms with van der Waals surface area (Å²) in [5.74, 6) is 0. The average Bonchev–Trinajstić information content (AvgIpc) is 2.39. The van der Waals surface area contributed by atoms with E-state index in [1.165, 1.54) is 12.0 Å². The molecule has 0 fully saturated rings. The molecule has 18 heavy (non-hydrogen) atoms. The Balaban J connectivity index is 0.00000137. The van der Waals surface area contributed by atoms with Gasteiger partial charge in [0.05, 0.1) is 0 Å². The molecule has 1 aromatic rings. The van der Waals surface area contributed by atoms with Crippen molar-refractivity contribution in [3.05, 3.63) is 35.9 Å². The molecule has 0 radical (unpaired) electrons. The molecule has 0 amide bonds. The van der Waals surface area contributed by atoms with Gasteiger partial charge in [-0.15, -0.1) is 0 Å². The minimum absolute atomic E-state index is 0.341. The summed E-state index contributed by atoms with van der Waals surface area (Å²) in [7, 11) is 4.05. The van der Waals surface area contributed by atoms with Gasteiger partial charge < -0.3 is 0 Å². The molecule has 0 atom stereocenters. The molecule has 0 aliphatic carbocycles. The summed E-state index contributed by atoms with van der Waals surface area (Å²) in [4.78, 5) is 0. The van der Waals surface area contributed by atoms with Crippen LogP contribution in [0.1, 0.15) is 39.7 Å². The van der Waals surface area contributed by atoms with E-state index in [9.17, 15) is 0 Å². The first kappa shape index (κ1) is 17.1. The van der Waals surface area contributed by atoms with Gasteiger partial charge in [-0.2, -0.15) is 0 Å². The van der Waals surface area contributed by atoms with Crippen molar-refractivity contribution >= 4 is 0 Å². The zero-order chi connectivity index (χ0) is 14.0. The third-order valence-corrected chi connectivity index (χ3v) is 2.98. The van der Waals surface area contributed by atoms with Crippen LogP contribution in [0.2, 0.25) is 0 Å². The van der Waals surface area contributed by atoms with E-state index in [2.05, 4.69) is 61.7 Å². The van der Waals surface area contributed by atoms with Crippen molar-refractivity contribution in [2.45, 2.75) is 40.5 Å². The van der Waals surface area contributed by atoms with E-state index in [-0.39, 0.29) is 0 Å². The van der Waals surface area contributed by atoms with Crippen LogP contribution in [0.4, 0.5) is 0 Å². The average molecular weight is 250 g/mol. The highest BCUT2D eigenvalue weighted by atomic mass is 15.5. The number of nitrogens with zero attached hydrogens (tertiary/aromatic N) is 1. The maximum atomic E-state index is 3.15. The van der Waals surface area contributed by atoms with Crippen LogP contribution in [0, 0.1) is 5.41 Å². The normalized spacial score (nSPS) is 11.1. The van der Waals surface area contributed by atoms with E-state index in [0.717, 1.165) is 13.0 Å². The van der Waals surface area contributed by atoms with Gasteiger partial charge >= 0.3 is 0 Å². The van der Waals surface area contributed by atoms with Gasteiger partial charge in [0.15, 0.2) is 0 Å². The van der Waals surface area contributed by atoms with Gasteiger partial charge in [0, 0.05) is 13.6 Å². The molecule has 1 rings (SSSR count). The van der Waals surface area contributed by atoms with Crippen molar-refractivity contribution in [3.63, 3.8) is 0 Å².